The lowest BCUT2D eigenvalue weighted by Gasteiger charge is -2.25. The second-order valence-electron chi connectivity index (χ2n) is 8.14. The zero-order valence-corrected chi connectivity index (χ0v) is 19.0. The molecule has 0 atom stereocenters. The number of hydrogen-bond acceptors (Lipinski definition) is 4. The van der Waals surface area contributed by atoms with Gasteiger partial charge < -0.3 is 4.90 Å². The first-order valence-electron chi connectivity index (χ1n) is 11.0. The Morgan fingerprint density at radius 1 is 0.588 bits per heavy atom. The lowest BCUT2D eigenvalue weighted by molar-refractivity contribution is 0.0990. The number of Topliss-reactive ketones (excluding diaryl/α,β-unsaturated/α-hetero) is 2. The molecule has 0 amide bonds. The highest BCUT2D eigenvalue weighted by Gasteiger charge is 2.32. The summed E-state index contributed by atoms with van der Waals surface area (Å²) in [7, 11) is 0. The number of anilines is 3. The van der Waals surface area contributed by atoms with Crippen LogP contribution in [0.15, 0.2) is 115 Å². The summed E-state index contributed by atoms with van der Waals surface area (Å²) < 4.78 is 1.09. The van der Waals surface area contributed by atoms with Gasteiger partial charge in [-0.05, 0) is 53.9 Å². The molecular weight excluding hydrogens is 438 g/mol. The van der Waals surface area contributed by atoms with Crippen LogP contribution in [0.1, 0.15) is 25.6 Å². The van der Waals surface area contributed by atoms with Crippen LogP contribution in [0.4, 0.5) is 17.1 Å². The average Bonchev–Trinajstić information content (AvgIpc) is 3.39. The predicted molar refractivity (Wildman–Crippen MR) is 140 cm³/mol. The quantitative estimate of drug-likeness (QED) is 0.204. The fraction of sp³-hybridized carbons (Fsp3) is 0. The molecule has 0 saturated carbocycles. The van der Waals surface area contributed by atoms with Crippen molar-refractivity contribution < 1.29 is 9.59 Å². The van der Waals surface area contributed by atoms with Gasteiger partial charge in [-0.3, -0.25) is 9.59 Å². The van der Waals surface area contributed by atoms with Crippen LogP contribution in [0.25, 0.3) is 16.2 Å². The molecule has 6 rings (SSSR count). The molecule has 5 aromatic rings. The Kier molecular flexibility index (Phi) is 4.93. The Hall–Kier alpha value is -4.28. The third-order valence-corrected chi connectivity index (χ3v) is 7.05. The minimum Gasteiger partial charge on any atom is -0.310 e. The normalized spacial score (nSPS) is 12.8. The van der Waals surface area contributed by atoms with E-state index in [9.17, 15) is 9.59 Å². The number of carbonyl (C=O) groups excluding carboxylic acids is 2. The molecule has 34 heavy (non-hydrogen) atoms. The van der Waals surface area contributed by atoms with Gasteiger partial charge in [-0.25, -0.2) is 0 Å². The van der Waals surface area contributed by atoms with Gasteiger partial charge in [0, 0.05) is 37.8 Å². The Labute approximate surface area is 201 Å². The number of hydrogen-bond donors (Lipinski definition) is 0. The molecule has 0 unspecified atom stereocenters. The van der Waals surface area contributed by atoms with Gasteiger partial charge in [0.15, 0.2) is 11.6 Å². The van der Waals surface area contributed by atoms with E-state index in [2.05, 4.69) is 47.4 Å². The highest BCUT2D eigenvalue weighted by Crippen LogP contribution is 2.38. The zero-order chi connectivity index (χ0) is 23.1. The maximum atomic E-state index is 12.8. The van der Waals surface area contributed by atoms with Crippen molar-refractivity contribution in [3.63, 3.8) is 0 Å². The van der Waals surface area contributed by atoms with Gasteiger partial charge in [0.05, 0.1) is 5.57 Å². The third-order valence-electron chi connectivity index (χ3n) is 6.00. The zero-order valence-electron chi connectivity index (χ0n) is 18.1. The van der Waals surface area contributed by atoms with Crippen molar-refractivity contribution in [1.82, 2.24) is 0 Å². The van der Waals surface area contributed by atoms with Crippen molar-refractivity contribution in [2.75, 3.05) is 4.90 Å². The molecule has 0 aliphatic heterocycles. The number of allylic oxidation sites excluding steroid dienone is 1. The first kappa shape index (κ1) is 20.3. The number of carbonyl (C=O) groups is 2. The topological polar surface area (TPSA) is 37.4 Å². The Morgan fingerprint density at radius 2 is 1.15 bits per heavy atom. The SMILES string of the molecule is O=C1C(=Cc2cc3ccc(N(c4ccccc4)c4ccccc4)cc3s2)C(=O)c2ccccc21. The van der Waals surface area contributed by atoms with Crippen molar-refractivity contribution in [3.05, 3.63) is 131 Å². The van der Waals surface area contributed by atoms with E-state index >= 15 is 0 Å². The summed E-state index contributed by atoms with van der Waals surface area (Å²) in [6.45, 7) is 0. The second kappa shape index (κ2) is 8.25. The average molecular weight is 458 g/mol. The number of benzene rings is 4. The standard InChI is InChI=1S/C30H19NO2S/c32-29-25-13-7-8-14-26(25)30(33)27(29)19-24-17-20-15-16-23(18-28(20)34-24)31(21-9-3-1-4-10-21)22-11-5-2-6-12-22/h1-19H. The summed E-state index contributed by atoms with van der Waals surface area (Å²) in [5.74, 6) is -0.392. The van der Waals surface area contributed by atoms with Crippen LogP contribution in [0.5, 0.6) is 0 Å². The van der Waals surface area contributed by atoms with Crippen LogP contribution in [0.2, 0.25) is 0 Å². The number of fused-ring (bicyclic) bond motifs is 2. The number of para-hydroxylation sites is 2. The molecule has 1 aliphatic rings. The Balaban J connectivity index is 1.41. The fourth-order valence-electron chi connectivity index (χ4n) is 4.40. The van der Waals surface area contributed by atoms with E-state index in [0.717, 1.165) is 32.0 Å². The first-order chi connectivity index (χ1) is 16.7. The first-order valence-corrected chi connectivity index (χ1v) is 11.8. The van der Waals surface area contributed by atoms with Gasteiger partial charge in [0.2, 0.25) is 0 Å². The molecule has 0 N–H and O–H groups in total. The van der Waals surface area contributed by atoms with Gasteiger partial charge in [0.25, 0.3) is 0 Å². The van der Waals surface area contributed by atoms with E-state index < -0.39 is 0 Å². The van der Waals surface area contributed by atoms with Crippen molar-refractivity contribution in [3.8, 4) is 0 Å². The fourth-order valence-corrected chi connectivity index (χ4v) is 5.44. The van der Waals surface area contributed by atoms with Crippen LogP contribution in [0.3, 0.4) is 0 Å². The number of ketones is 2. The van der Waals surface area contributed by atoms with Crippen molar-refractivity contribution in [2.45, 2.75) is 0 Å². The van der Waals surface area contributed by atoms with Gasteiger partial charge in [-0.2, -0.15) is 0 Å². The van der Waals surface area contributed by atoms with Gasteiger partial charge >= 0.3 is 0 Å². The molecule has 4 heteroatoms. The molecule has 3 nitrogen and oxygen atoms in total. The summed E-state index contributed by atoms with van der Waals surface area (Å²) in [4.78, 5) is 28.7. The molecule has 0 spiro atoms. The largest absolute Gasteiger partial charge is 0.310 e. The molecule has 1 aliphatic carbocycles. The molecule has 162 valence electrons. The van der Waals surface area contributed by atoms with Gasteiger partial charge in [0.1, 0.15) is 0 Å². The number of rotatable bonds is 4. The van der Waals surface area contributed by atoms with E-state index in [4.69, 9.17) is 0 Å². The van der Waals surface area contributed by atoms with Crippen LogP contribution in [-0.4, -0.2) is 11.6 Å². The summed E-state index contributed by atoms with van der Waals surface area (Å²) in [5.41, 5.74) is 4.42. The van der Waals surface area contributed by atoms with E-state index in [1.807, 2.05) is 42.5 Å². The molecule has 0 bridgehead atoms. The lowest BCUT2D eigenvalue weighted by atomic mass is 10.1. The minimum atomic E-state index is -0.196. The molecular formula is C30H19NO2S. The predicted octanol–water partition coefficient (Wildman–Crippen LogP) is 7.83. The molecule has 1 heterocycles. The third kappa shape index (κ3) is 3.45. The number of thiophene rings is 1. The molecule has 1 aromatic heterocycles. The molecule has 4 aromatic carbocycles. The van der Waals surface area contributed by atoms with Crippen LogP contribution < -0.4 is 4.90 Å². The smallest absolute Gasteiger partial charge is 0.197 e. The second-order valence-corrected chi connectivity index (χ2v) is 9.25. The van der Waals surface area contributed by atoms with Crippen LogP contribution in [-0.2, 0) is 0 Å². The van der Waals surface area contributed by atoms with Crippen molar-refractivity contribution in [2.24, 2.45) is 0 Å². The lowest BCUT2D eigenvalue weighted by Crippen LogP contribution is -2.09. The van der Waals surface area contributed by atoms with E-state index in [-0.39, 0.29) is 17.1 Å². The summed E-state index contributed by atoms with van der Waals surface area (Å²) in [5, 5.41) is 1.08. The summed E-state index contributed by atoms with van der Waals surface area (Å²) in [6.07, 6.45) is 1.74. The molecule has 0 saturated heterocycles. The number of nitrogens with zero attached hydrogens (tertiary/aromatic N) is 1. The maximum Gasteiger partial charge on any atom is 0.197 e. The van der Waals surface area contributed by atoms with Crippen LogP contribution in [0, 0.1) is 0 Å². The Morgan fingerprint density at radius 3 is 1.74 bits per heavy atom. The minimum absolute atomic E-state index is 0.196. The highest BCUT2D eigenvalue weighted by molar-refractivity contribution is 7.19. The van der Waals surface area contributed by atoms with E-state index in [1.165, 1.54) is 0 Å². The molecule has 0 radical (unpaired) electrons. The van der Waals surface area contributed by atoms with Crippen LogP contribution >= 0.6 is 11.3 Å². The van der Waals surface area contributed by atoms with Gasteiger partial charge in [-0.15, -0.1) is 11.3 Å². The van der Waals surface area contributed by atoms with Gasteiger partial charge in [-0.1, -0.05) is 66.7 Å². The van der Waals surface area contributed by atoms with Crippen molar-refractivity contribution in [1.29, 1.82) is 0 Å². The van der Waals surface area contributed by atoms with E-state index in [0.29, 0.717) is 11.1 Å². The summed E-state index contributed by atoms with van der Waals surface area (Å²) in [6, 6.07) is 36.0. The van der Waals surface area contributed by atoms with Crippen molar-refractivity contribution >= 4 is 56.1 Å². The monoisotopic (exact) mass is 457 g/mol. The molecule has 0 fully saturated rings. The van der Waals surface area contributed by atoms with E-state index in [1.54, 1.807) is 41.7 Å². The Bertz CT molecular complexity index is 1510. The maximum absolute atomic E-state index is 12.8. The highest BCUT2D eigenvalue weighted by atomic mass is 32.1. The summed E-state index contributed by atoms with van der Waals surface area (Å²) >= 11 is 1.58.